The summed E-state index contributed by atoms with van der Waals surface area (Å²) in [4.78, 5) is 26.1. The van der Waals surface area contributed by atoms with Gasteiger partial charge in [-0.25, -0.2) is 8.42 Å². The van der Waals surface area contributed by atoms with Gasteiger partial charge in [0, 0.05) is 28.7 Å². The summed E-state index contributed by atoms with van der Waals surface area (Å²) in [7, 11) is -4.41. The normalized spacial score (nSPS) is 13.8. The maximum Gasteiger partial charge on any atom is 0.251 e. The van der Waals surface area contributed by atoms with Crippen molar-refractivity contribution in [1.82, 2.24) is 5.32 Å². The number of rotatable bonds is 11. The molecule has 6 rings (SSSR count). The predicted octanol–water partition coefficient (Wildman–Crippen LogP) is 6.22. The number of amides is 2. The molecule has 1 atom stereocenters. The Labute approximate surface area is 255 Å². The summed E-state index contributed by atoms with van der Waals surface area (Å²) in [6.07, 6.45) is 2.79. The molecule has 1 aliphatic rings. The molecule has 1 aromatic heterocycles. The van der Waals surface area contributed by atoms with Crippen LogP contribution in [0.25, 0.3) is 22.3 Å². The number of hydrogen-bond acceptors (Lipinski definition) is 6. The zero-order chi connectivity index (χ0) is 30.7. The van der Waals surface area contributed by atoms with Crippen molar-refractivity contribution in [3.05, 3.63) is 125 Å². The SMILES string of the molecule is O=C(NCCS(=O)(=O)[O-])c1ccc(CC(C(=O)Nc2ccc(-c3cc4ccccc4o3)cc2)c2ccc(C3CC3)cc2)cc1. The Balaban J connectivity index is 1.17. The number of nitrogens with one attached hydrogen (secondary N) is 2. The van der Waals surface area contributed by atoms with Gasteiger partial charge in [0.25, 0.3) is 5.91 Å². The van der Waals surface area contributed by atoms with Gasteiger partial charge < -0.3 is 19.6 Å². The molecule has 0 bridgehead atoms. The summed E-state index contributed by atoms with van der Waals surface area (Å²) in [6.45, 7) is -0.259. The lowest BCUT2D eigenvalue weighted by atomic mass is 9.89. The van der Waals surface area contributed by atoms with E-state index in [2.05, 4.69) is 22.8 Å². The second-order valence-corrected chi connectivity index (χ2v) is 12.7. The first-order valence-corrected chi connectivity index (χ1v) is 16.1. The fourth-order valence-corrected chi connectivity index (χ4v) is 5.62. The van der Waals surface area contributed by atoms with Gasteiger partial charge in [-0.1, -0.05) is 54.6 Å². The minimum Gasteiger partial charge on any atom is -0.748 e. The maximum atomic E-state index is 13.7. The van der Waals surface area contributed by atoms with E-state index in [1.165, 1.54) is 18.4 Å². The molecule has 8 nitrogen and oxygen atoms in total. The van der Waals surface area contributed by atoms with E-state index in [9.17, 15) is 22.6 Å². The van der Waals surface area contributed by atoms with Gasteiger partial charge in [0.1, 0.15) is 11.3 Å². The topological polar surface area (TPSA) is 129 Å². The van der Waals surface area contributed by atoms with Crippen molar-refractivity contribution in [2.45, 2.75) is 31.1 Å². The van der Waals surface area contributed by atoms with Crippen molar-refractivity contribution in [3.8, 4) is 11.3 Å². The summed E-state index contributed by atoms with van der Waals surface area (Å²) in [6, 6.07) is 32.4. The molecule has 1 fully saturated rings. The van der Waals surface area contributed by atoms with Crippen molar-refractivity contribution >= 4 is 38.6 Å². The van der Waals surface area contributed by atoms with Gasteiger partial charge in [-0.3, -0.25) is 9.59 Å². The Morgan fingerprint density at radius 2 is 1.59 bits per heavy atom. The van der Waals surface area contributed by atoms with E-state index in [4.69, 9.17) is 4.42 Å². The Bertz CT molecular complexity index is 1860. The zero-order valence-electron chi connectivity index (χ0n) is 23.9. The van der Waals surface area contributed by atoms with E-state index in [-0.39, 0.29) is 12.5 Å². The summed E-state index contributed by atoms with van der Waals surface area (Å²) in [5.41, 5.74) is 5.76. The lowest BCUT2D eigenvalue weighted by Gasteiger charge is -2.18. The van der Waals surface area contributed by atoms with Crippen molar-refractivity contribution in [2.24, 2.45) is 0 Å². The lowest BCUT2D eigenvalue weighted by Crippen LogP contribution is -2.29. The number of benzene rings is 4. The number of hydrogen-bond donors (Lipinski definition) is 2. The van der Waals surface area contributed by atoms with Gasteiger partial charge >= 0.3 is 0 Å². The number of furan rings is 1. The van der Waals surface area contributed by atoms with Crippen molar-refractivity contribution in [1.29, 1.82) is 0 Å². The maximum absolute atomic E-state index is 13.7. The molecule has 44 heavy (non-hydrogen) atoms. The quantitative estimate of drug-likeness (QED) is 0.172. The fourth-order valence-electron chi connectivity index (χ4n) is 5.27. The van der Waals surface area contributed by atoms with Crippen LogP contribution in [0.1, 0.15) is 51.7 Å². The highest BCUT2D eigenvalue weighted by Crippen LogP contribution is 2.40. The molecule has 2 N–H and O–H groups in total. The molecule has 4 aromatic carbocycles. The van der Waals surface area contributed by atoms with Crippen molar-refractivity contribution in [2.75, 3.05) is 17.6 Å². The first-order valence-electron chi connectivity index (χ1n) is 14.5. The van der Waals surface area contributed by atoms with Crippen LogP contribution in [0.15, 0.2) is 108 Å². The summed E-state index contributed by atoms with van der Waals surface area (Å²) in [5, 5.41) is 6.54. The molecule has 1 unspecified atom stereocenters. The lowest BCUT2D eigenvalue weighted by molar-refractivity contribution is -0.117. The second-order valence-electron chi connectivity index (χ2n) is 11.1. The number of para-hydroxylation sites is 1. The van der Waals surface area contributed by atoms with E-state index in [0.29, 0.717) is 23.6 Å². The van der Waals surface area contributed by atoms with Crippen LogP contribution in [-0.2, 0) is 21.3 Å². The highest BCUT2D eigenvalue weighted by atomic mass is 32.2. The minimum atomic E-state index is -4.41. The summed E-state index contributed by atoms with van der Waals surface area (Å²) >= 11 is 0. The van der Waals surface area contributed by atoms with Crippen LogP contribution >= 0.6 is 0 Å². The molecular weight excluding hydrogens is 576 g/mol. The largest absolute Gasteiger partial charge is 0.748 e. The van der Waals surface area contributed by atoms with E-state index < -0.39 is 27.7 Å². The van der Waals surface area contributed by atoms with E-state index >= 15 is 0 Å². The minimum absolute atomic E-state index is 0.152. The van der Waals surface area contributed by atoms with E-state index in [0.717, 1.165) is 33.4 Å². The molecule has 0 aliphatic heterocycles. The average Bonchev–Trinajstić information content (AvgIpc) is 3.78. The van der Waals surface area contributed by atoms with Gasteiger partial charge in [-0.15, -0.1) is 0 Å². The van der Waals surface area contributed by atoms with Crippen LogP contribution in [0.3, 0.4) is 0 Å². The number of fused-ring (bicyclic) bond motifs is 1. The number of anilines is 1. The van der Waals surface area contributed by atoms with Gasteiger partial charge in [0.15, 0.2) is 0 Å². The van der Waals surface area contributed by atoms with Crippen LogP contribution in [-0.4, -0.2) is 37.1 Å². The molecular formula is C35H31N2O6S-. The third-order valence-corrected chi connectivity index (χ3v) is 8.56. The van der Waals surface area contributed by atoms with Crippen LogP contribution in [0.2, 0.25) is 0 Å². The van der Waals surface area contributed by atoms with Crippen molar-refractivity contribution < 1.29 is 27.0 Å². The van der Waals surface area contributed by atoms with Crippen LogP contribution in [0.5, 0.6) is 0 Å². The standard InChI is InChI=1S/C35H32N2O6S/c38-34(36-19-20-44(40,41)42)28-7-5-23(6-8-28)21-31(26-13-11-25(12-14-26)24-9-10-24)35(39)37-30-17-15-27(16-18-30)33-22-29-3-1-2-4-32(29)43-33/h1-8,11-18,22,24,31H,9-10,19-21H2,(H,36,38)(H,37,39)(H,40,41,42)/p-1. The Kier molecular flexibility index (Phi) is 8.32. The molecule has 1 heterocycles. The van der Waals surface area contributed by atoms with E-state index in [1.54, 1.807) is 24.3 Å². The molecule has 224 valence electrons. The third kappa shape index (κ3) is 7.24. The Morgan fingerprint density at radius 1 is 0.886 bits per heavy atom. The molecule has 1 aliphatic carbocycles. The summed E-state index contributed by atoms with van der Waals surface area (Å²) in [5.74, 6) is -0.424. The first kappa shape index (κ1) is 29.3. The van der Waals surface area contributed by atoms with Crippen molar-refractivity contribution in [3.63, 3.8) is 0 Å². The smallest absolute Gasteiger partial charge is 0.251 e. The Morgan fingerprint density at radius 3 is 2.25 bits per heavy atom. The van der Waals surface area contributed by atoms with Gasteiger partial charge in [-0.05, 0) is 90.4 Å². The van der Waals surface area contributed by atoms with Gasteiger partial charge in [0.05, 0.1) is 21.8 Å². The highest BCUT2D eigenvalue weighted by molar-refractivity contribution is 7.85. The molecule has 0 saturated heterocycles. The Hall–Kier alpha value is -4.73. The average molecular weight is 608 g/mol. The van der Waals surface area contributed by atoms with Gasteiger partial charge in [-0.2, -0.15) is 0 Å². The predicted molar refractivity (Wildman–Crippen MR) is 168 cm³/mol. The van der Waals surface area contributed by atoms with Gasteiger partial charge in [0.2, 0.25) is 5.91 Å². The molecule has 0 radical (unpaired) electrons. The molecule has 5 aromatic rings. The molecule has 9 heteroatoms. The second kappa shape index (κ2) is 12.5. The third-order valence-electron chi connectivity index (χ3n) is 7.86. The number of carbonyl (C=O) groups is 2. The van der Waals surface area contributed by atoms with Crippen LogP contribution in [0, 0.1) is 0 Å². The highest BCUT2D eigenvalue weighted by Gasteiger charge is 2.25. The molecule has 2 amide bonds. The molecule has 1 saturated carbocycles. The van der Waals surface area contributed by atoms with Crippen LogP contribution < -0.4 is 10.6 Å². The monoisotopic (exact) mass is 607 g/mol. The molecule has 0 spiro atoms. The number of carbonyl (C=O) groups excluding carboxylic acids is 2. The fraction of sp³-hybridized carbons (Fsp3) is 0.200. The summed E-state index contributed by atoms with van der Waals surface area (Å²) < 4.78 is 38.4. The zero-order valence-corrected chi connectivity index (χ0v) is 24.7. The van der Waals surface area contributed by atoms with E-state index in [1.807, 2.05) is 66.7 Å². The van der Waals surface area contributed by atoms with Crippen LogP contribution in [0.4, 0.5) is 5.69 Å². The first-order chi connectivity index (χ1) is 21.2.